The molecule has 1 aliphatic heterocycles. The molecule has 5 heteroatoms. The number of carbonyl (C=O) groups is 2. The monoisotopic (exact) mass is 333 g/mol. The summed E-state index contributed by atoms with van der Waals surface area (Å²) in [4.78, 5) is 27.0. The number of carbonyl (C=O) groups excluding carboxylic acids is 2. The van der Waals surface area contributed by atoms with Gasteiger partial charge in [-0.25, -0.2) is 0 Å². The van der Waals surface area contributed by atoms with Crippen molar-refractivity contribution >= 4 is 28.4 Å². The summed E-state index contributed by atoms with van der Waals surface area (Å²) in [5.74, 6) is -0.221. The average molecular weight is 333 g/mol. The second-order valence-electron chi connectivity index (χ2n) is 6.23. The van der Waals surface area contributed by atoms with Gasteiger partial charge in [0.05, 0.1) is 0 Å². The van der Waals surface area contributed by atoms with Crippen LogP contribution in [0.1, 0.15) is 5.56 Å². The molecule has 1 unspecified atom stereocenters. The first kappa shape index (κ1) is 15.4. The van der Waals surface area contributed by atoms with Gasteiger partial charge in [0.1, 0.15) is 12.6 Å². The maximum atomic E-state index is 13.1. The summed E-state index contributed by atoms with van der Waals surface area (Å²) in [6.45, 7) is 0.204. The molecule has 3 aromatic rings. The summed E-state index contributed by atoms with van der Waals surface area (Å²) in [5.41, 5.74) is 2.87. The Balaban J connectivity index is 1.68. The Kier molecular flexibility index (Phi) is 3.76. The van der Waals surface area contributed by atoms with Crippen molar-refractivity contribution in [1.29, 1.82) is 0 Å². The number of anilines is 1. The van der Waals surface area contributed by atoms with Crippen molar-refractivity contribution in [3.05, 3.63) is 66.4 Å². The van der Waals surface area contributed by atoms with Crippen LogP contribution in [0.4, 0.5) is 5.69 Å². The number of amides is 2. The van der Waals surface area contributed by atoms with Crippen LogP contribution in [0.15, 0.2) is 60.8 Å². The maximum Gasteiger partial charge on any atom is 0.247 e. The molecule has 2 heterocycles. The van der Waals surface area contributed by atoms with E-state index in [1.165, 1.54) is 0 Å². The normalized spacial score (nSPS) is 16.0. The van der Waals surface area contributed by atoms with E-state index >= 15 is 0 Å². The molecule has 0 saturated carbocycles. The minimum atomic E-state index is -0.489. The highest BCUT2D eigenvalue weighted by molar-refractivity contribution is 6.03. The quantitative estimate of drug-likeness (QED) is 0.800. The fourth-order valence-electron chi connectivity index (χ4n) is 3.57. The van der Waals surface area contributed by atoms with Gasteiger partial charge in [-0.05, 0) is 29.1 Å². The van der Waals surface area contributed by atoms with E-state index in [0.29, 0.717) is 6.42 Å². The van der Waals surface area contributed by atoms with E-state index < -0.39 is 6.04 Å². The molecule has 1 atom stereocenters. The molecule has 25 heavy (non-hydrogen) atoms. The Bertz CT molecular complexity index is 960. The van der Waals surface area contributed by atoms with E-state index in [1.807, 2.05) is 65.4 Å². The van der Waals surface area contributed by atoms with Gasteiger partial charge in [0.15, 0.2) is 0 Å². The van der Waals surface area contributed by atoms with Gasteiger partial charge in [-0.15, -0.1) is 0 Å². The Labute approximate surface area is 145 Å². The fourth-order valence-corrected chi connectivity index (χ4v) is 3.57. The number of aromatic nitrogens is 1. The number of nitrogens with zero attached hydrogens (tertiary/aromatic N) is 2. The molecular formula is C20H19N3O2. The van der Waals surface area contributed by atoms with Crippen LogP contribution in [0.2, 0.25) is 0 Å². The lowest BCUT2D eigenvalue weighted by Crippen LogP contribution is -2.48. The van der Waals surface area contributed by atoms with E-state index in [0.717, 1.165) is 22.2 Å². The third-order valence-corrected chi connectivity index (χ3v) is 4.78. The van der Waals surface area contributed by atoms with Crippen molar-refractivity contribution in [2.75, 3.05) is 11.9 Å². The molecule has 0 radical (unpaired) electrons. The summed E-state index contributed by atoms with van der Waals surface area (Å²) in [6, 6.07) is 17.2. The predicted molar refractivity (Wildman–Crippen MR) is 97.4 cm³/mol. The molecule has 1 N–H and O–H groups in total. The zero-order valence-corrected chi connectivity index (χ0v) is 14.0. The smallest absolute Gasteiger partial charge is 0.247 e. The van der Waals surface area contributed by atoms with E-state index in [1.54, 1.807) is 11.9 Å². The van der Waals surface area contributed by atoms with Crippen molar-refractivity contribution in [1.82, 2.24) is 9.88 Å². The molecule has 0 fully saturated rings. The van der Waals surface area contributed by atoms with E-state index in [9.17, 15) is 9.59 Å². The number of hydrogen-bond acceptors (Lipinski definition) is 2. The van der Waals surface area contributed by atoms with Gasteiger partial charge < -0.3 is 9.88 Å². The summed E-state index contributed by atoms with van der Waals surface area (Å²) in [6.07, 6.45) is 2.47. The highest BCUT2D eigenvalue weighted by Gasteiger charge is 2.37. The van der Waals surface area contributed by atoms with Crippen LogP contribution in [-0.4, -0.2) is 29.5 Å². The number of benzene rings is 2. The molecule has 4 rings (SSSR count). The molecule has 5 nitrogen and oxygen atoms in total. The van der Waals surface area contributed by atoms with Crippen LogP contribution in [0, 0.1) is 0 Å². The molecule has 1 aliphatic rings. The van der Waals surface area contributed by atoms with Crippen molar-refractivity contribution < 1.29 is 9.59 Å². The molecule has 0 saturated heterocycles. The summed E-state index contributed by atoms with van der Waals surface area (Å²) >= 11 is 0. The van der Waals surface area contributed by atoms with E-state index in [2.05, 4.69) is 5.32 Å². The first-order valence-electron chi connectivity index (χ1n) is 8.34. The predicted octanol–water partition coefficient (Wildman–Crippen LogP) is 2.35. The third-order valence-electron chi connectivity index (χ3n) is 4.78. The van der Waals surface area contributed by atoms with E-state index in [-0.39, 0.29) is 18.4 Å². The largest absolute Gasteiger partial charge is 0.357 e. The number of nitrogens with one attached hydrogen (secondary N) is 1. The van der Waals surface area contributed by atoms with Gasteiger partial charge in [-0.2, -0.15) is 0 Å². The molecule has 1 aromatic heterocycles. The molecule has 2 amide bonds. The Hall–Kier alpha value is -3.08. The van der Waals surface area contributed by atoms with Crippen molar-refractivity contribution in [3.63, 3.8) is 0 Å². The van der Waals surface area contributed by atoms with Gasteiger partial charge in [0, 0.05) is 30.9 Å². The maximum absolute atomic E-state index is 13.1. The van der Waals surface area contributed by atoms with Gasteiger partial charge in [-0.1, -0.05) is 36.4 Å². The minimum absolute atomic E-state index is 0.0834. The average Bonchev–Trinajstić information content (AvgIpc) is 3.22. The summed E-state index contributed by atoms with van der Waals surface area (Å²) < 4.78 is 1.93. The number of para-hydroxylation sites is 2. The Morgan fingerprint density at radius 3 is 2.68 bits per heavy atom. The fraction of sp³-hybridized carbons (Fsp3) is 0.200. The van der Waals surface area contributed by atoms with Gasteiger partial charge in [0.25, 0.3) is 0 Å². The highest BCUT2D eigenvalue weighted by Crippen LogP contribution is 2.32. The van der Waals surface area contributed by atoms with Gasteiger partial charge >= 0.3 is 0 Å². The highest BCUT2D eigenvalue weighted by atomic mass is 16.2. The molecule has 2 aromatic carbocycles. The lowest BCUT2D eigenvalue weighted by molar-refractivity contribution is -0.126. The van der Waals surface area contributed by atoms with Gasteiger partial charge in [0.2, 0.25) is 11.8 Å². The standard InChI is InChI=1S/C20H19N3O2/c1-21-20(25)18-12-15-7-3-5-9-17(15)23(18)19(24)13-22-11-10-14-6-2-4-8-16(14)22/h2-11,18H,12-13H2,1H3,(H,21,25). The lowest BCUT2D eigenvalue weighted by atomic mass is 10.1. The second kappa shape index (κ2) is 6.09. The topological polar surface area (TPSA) is 54.3 Å². The lowest BCUT2D eigenvalue weighted by Gasteiger charge is -2.24. The Morgan fingerprint density at radius 2 is 1.84 bits per heavy atom. The summed E-state index contributed by atoms with van der Waals surface area (Å²) in [7, 11) is 1.60. The molecule has 0 bridgehead atoms. The van der Waals surface area contributed by atoms with Crippen LogP contribution in [0.5, 0.6) is 0 Å². The second-order valence-corrected chi connectivity index (χ2v) is 6.23. The number of likely N-dealkylation sites (N-methyl/N-ethyl adjacent to an activating group) is 1. The molecule has 0 aliphatic carbocycles. The first-order chi connectivity index (χ1) is 12.2. The zero-order chi connectivity index (χ0) is 17.4. The third kappa shape index (κ3) is 2.58. The van der Waals surface area contributed by atoms with Crippen LogP contribution in [0.25, 0.3) is 10.9 Å². The minimum Gasteiger partial charge on any atom is -0.357 e. The van der Waals surface area contributed by atoms with Gasteiger partial charge in [-0.3, -0.25) is 14.5 Å². The molecular weight excluding hydrogens is 314 g/mol. The van der Waals surface area contributed by atoms with Crippen LogP contribution >= 0.6 is 0 Å². The van der Waals surface area contributed by atoms with Crippen LogP contribution in [0.3, 0.4) is 0 Å². The first-order valence-corrected chi connectivity index (χ1v) is 8.34. The summed E-state index contributed by atoms with van der Waals surface area (Å²) in [5, 5.41) is 3.77. The van der Waals surface area contributed by atoms with Crippen LogP contribution < -0.4 is 10.2 Å². The van der Waals surface area contributed by atoms with Crippen molar-refractivity contribution in [2.45, 2.75) is 19.0 Å². The number of fused-ring (bicyclic) bond motifs is 2. The Morgan fingerprint density at radius 1 is 1.08 bits per heavy atom. The zero-order valence-electron chi connectivity index (χ0n) is 14.0. The molecule has 0 spiro atoms. The SMILES string of the molecule is CNC(=O)C1Cc2ccccc2N1C(=O)Cn1ccc2ccccc21. The number of hydrogen-bond donors (Lipinski definition) is 1. The molecule has 126 valence electrons. The number of rotatable bonds is 3. The van der Waals surface area contributed by atoms with Crippen molar-refractivity contribution in [2.24, 2.45) is 0 Å². The van der Waals surface area contributed by atoms with E-state index in [4.69, 9.17) is 0 Å². The van der Waals surface area contributed by atoms with Crippen LogP contribution in [-0.2, 0) is 22.6 Å². The van der Waals surface area contributed by atoms with Crippen molar-refractivity contribution in [3.8, 4) is 0 Å².